The van der Waals surface area contributed by atoms with Gasteiger partial charge in [0.1, 0.15) is 5.75 Å². The lowest BCUT2D eigenvalue weighted by Gasteiger charge is -2.20. The van der Waals surface area contributed by atoms with Crippen LogP contribution in [0.25, 0.3) is 0 Å². The zero-order chi connectivity index (χ0) is 23.8. The Morgan fingerprint density at radius 3 is 2.27 bits per heavy atom. The van der Waals surface area contributed by atoms with Crippen LogP contribution in [0.15, 0.2) is 83.8 Å². The van der Waals surface area contributed by atoms with Gasteiger partial charge in [-0.25, -0.2) is 8.42 Å². The number of rotatable bonds is 10. The van der Waals surface area contributed by atoms with Crippen molar-refractivity contribution in [3.63, 3.8) is 0 Å². The van der Waals surface area contributed by atoms with Crippen LogP contribution in [0, 0.1) is 0 Å². The van der Waals surface area contributed by atoms with Gasteiger partial charge in [-0.05, 0) is 55.7 Å². The predicted octanol–water partition coefficient (Wildman–Crippen LogP) is 4.27. The van der Waals surface area contributed by atoms with Gasteiger partial charge in [0.25, 0.3) is 5.91 Å². The third kappa shape index (κ3) is 6.43. The molecule has 33 heavy (non-hydrogen) atoms. The van der Waals surface area contributed by atoms with E-state index in [0.717, 1.165) is 12.8 Å². The van der Waals surface area contributed by atoms with Gasteiger partial charge in [0, 0.05) is 30.8 Å². The molecule has 1 atom stereocenters. The molecular weight excluding hydrogens is 436 g/mol. The summed E-state index contributed by atoms with van der Waals surface area (Å²) in [4.78, 5) is 13.1. The van der Waals surface area contributed by atoms with Gasteiger partial charge in [-0.1, -0.05) is 48.5 Å². The van der Waals surface area contributed by atoms with Crippen LogP contribution in [0.2, 0.25) is 0 Å². The first kappa shape index (κ1) is 24.5. The van der Waals surface area contributed by atoms with E-state index in [1.165, 1.54) is 24.0 Å². The van der Waals surface area contributed by atoms with Crippen LogP contribution in [0.4, 0.5) is 0 Å². The first-order chi connectivity index (χ1) is 15.8. The number of nitrogens with zero attached hydrogens (tertiary/aromatic N) is 1. The Morgan fingerprint density at radius 2 is 1.64 bits per heavy atom. The topological polar surface area (TPSA) is 75.7 Å². The molecule has 0 heterocycles. The molecule has 0 aromatic heterocycles. The summed E-state index contributed by atoms with van der Waals surface area (Å²) in [7, 11) is -0.633. The molecule has 174 valence electrons. The molecule has 3 aromatic carbocycles. The van der Waals surface area contributed by atoms with Crippen molar-refractivity contribution in [1.29, 1.82) is 0 Å². The van der Waals surface area contributed by atoms with Gasteiger partial charge in [0.15, 0.2) is 0 Å². The minimum Gasteiger partial charge on any atom is -0.496 e. The predicted molar refractivity (Wildman–Crippen MR) is 130 cm³/mol. The number of nitrogens with one attached hydrogen (secondary N) is 1. The van der Waals surface area contributed by atoms with Crippen molar-refractivity contribution in [3.05, 3.63) is 95.6 Å². The molecule has 3 aromatic rings. The van der Waals surface area contributed by atoms with Crippen LogP contribution < -0.4 is 10.1 Å². The largest absolute Gasteiger partial charge is 0.496 e. The van der Waals surface area contributed by atoms with E-state index >= 15 is 0 Å². The van der Waals surface area contributed by atoms with E-state index in [2.05, 4.69) is 17.4 Å². The fourth-order valence-electron chi connectivity index (χ4n) is 3.55. The number of aryl methyl sites for hydroxylation is 1. The lowest BCUT2D eigenvalue weighted by molar-refractivity contribution is 0.0938. The summed E-state index contributed by atoms with van der Waals surface area (Å²) in [6, 6.07) is 23.5. The molecule has 6 nitrogen and oxygen atoms in total. The third-order valence-corrected chi connectivity index (χ3v) is 7.29. The summed E-state index contributed by atoms with van der Waals surface area (Å²) < 4.78 is 32.5. The van der Waals surface area contributed by atoms with Crippen molar-refractivity contribution < 1.29 is 17.9 Å². The van der Waals surface area contributed by atoms with Gasteiger partial charge in [0.05, 0.1) is 12.0 Å². The molecule has 0 fully saturated rings. The number of benzene rings is 3. The van der Waals surface area contributed by atoms with Gasteiger partial charge < -0.3 is 10.1 Å². The number of carbonyl (C=O) groups excluding carboxylic acids is 1. The number of sulfonamides is 1. The minimum absolute atomic E-state index is 0.00982. The van der Waals surface area contributed by atoms with Crippen molar-refractivity contribution in [1.82, 2.24) is 9.62 Å². The van der Waals surface area contributed by atoms with Gasteiger partial charge in [-0.15, -0.1) is 0 Å². The number of amides is 1. The highest BCUT2D eigenvalue weighted by Crippen LogP contribution is 2.24. The van der Waals surface area contributed by atoms with E-state index in [0.29, 0.717) is 16.9 Å². The van der Waals surface area contributed by atoms with Crippen LogP contribution in [-0.4, -0.2) is 38.8 Å². The van der Waals surface area contributed by atoms with Crippen LogP contribution in [0.3, 0.4) is 0 Å². The first-order valence-electron chi connectivity index (χ1n) is 10.8. The van der Waals surface area contributed by atoms with Crippen molar-refractivity contribution in [3.8, 4) is 5.75 Å². The van der Waals surface area contributed by atoms with E-state index in [4.69, 9.17) is 4.74 Å². The summed E-state index contributed by atoms with van der Waals surface area (Å²) in [5, 5.41) is 3.03. The molecule has 0 saturated carbocycles. The molecule has 1 amide bonds. The molecule has 0 spiro atoms. The molecule has 0 bridgehead atoms. The number of ether oxygens (including phenoxy) is 1. The summed E-state index contributed by atoms with van der Waals surface area (Å²) >= 11 is 0. The Morgan fingerprint density at radius 1 is 1.00 bits per heavy atom. The summed E-state index contributed by atoms with van der Waals surface area (Å²) in [5.41, 5.74) is 2.31. The van der Waals surface area contributed by atoms with Crippen molar-refractivity contribution in [2.75, 3.05) is 14.2 Å². The second-order valence-corrected chi connectivity index (χ2v) is 10.0. The Labute approximate surface area is 196 Å². The number of carbonyl (C=O) groups is 1. The summed E-state index contributed by atoms with van der Waals surface area (Å²) in [6.07, 6.45) is 1.69. The molecule has 0 aliphatic rings. The smallest absolute Gasteiger partial charge is 0.251 e. The molecule has 7 heteroatoms. The SMILES string of the molecule is COc1ccc(C(=O)NC(C)CCc2ccccc2)cc1CN(C)S(=O)(=O)c1ccccc1. The van der Waals surface area contributed by atoms with E-state index in [9.17, 15) is 13.2 Å². The zero-order valence-electron chi connectivity index (χ0n) is 19.2. The fraction of sp³-hybridized carbons (Fsp3) is 0.269. The van der Waals surface area contributed by atoms with Crippen LogP contribution in [0.5, 0.6) is 5.75 Å². The molecule has 0 aliphatic carbocycles. The second-order valence-electron chi connectivity index (χ2n) is 8.00. The molecule has 3 rings (SSSR count). The van der Waals surface area contributed by atoms with Gasteiger partial charge in [0.2, 0.25) is 10.0 Å². The normalized spacial score (nSPS) is 12.4. The van der Waals surface area contributed by atoms with Crippen molar-refractivity contribution in [2.45, 2.75) is 37.2 Å². The zero-order valence-corrected chi connectivity index (χ0v) is 20.0. The molecule has 0 saturated heterocycles. The first-order valence-corrected chi connectivity index (χ1v) is 12.3. The van der Waals surface area contributed by atoms with E-state index in [1.54, 1.807) is 48.5 Å². The lowest BCUT2D eigenvalue weighted by Crippen LogP contribution is -2.33. The van der Waals surface area contributed by atoms with Crippen LogP contribution >= 0.6 is 0 Å². The number of hydrogen-bond acceptors (Lipinski definition) is 4. The fourth-order valence-corrected chi connectivity index (χ4v) is 4.72. The highest BCUT2D eigenvalue weighted by atomic mass is 32.2. The van der Waals surface area contributed by atoms with E-state index < -0.39 is 10.0 Å². The maximum atomic E-state index is 12.9. The van der Waals surface area contributed by atoms with Crippen molar-refractivity contribution >= 4 is 15.9 Å². The average Bonchev–Trinajstić information content (AvgIpc) is 2.83. The quantitative estimate of drug-likeness (QED) is 0.484. The maximum Gasteiger partial charge on any atom is 0.251 e. The molecule has 0 aliphatic heterocycles. The Hall–Kier alpha value is -3.16. The van der Waals surface area contributed by atoms with E-state index in [-0.39, 0.29) is 23.4 Å². The van der Waals surface area contributed by atoms with Gasteiger partial charge in [-0.2, -0.15) is 4.31 Å². The highest BCUT2D eigenvalue weighted by molar-refractivity contribution is 7.89. The molecular formula is C26H30N2O4S. The van der Waals surface area contributed by atoms with Crippen molar-refractivity contribution in [2.24, 2.45) is 0 Å². The lowest BCUT2D eigenvalue weighted by atomic mass is 10.1. The molecule has 1 N–H and O–H groups in total. The van der Waals surface area contributed by atoms with Gasteiger partial charge >= 0.3 is 0 Å². The molecule has 1 unspecified atom stereocenters. The maximum absolute atomic E-state index is 12.9. The second kappa shape index (κ2) is 11.1. The Bertz CT molecular complexity index is 1170. The highest BCUT2D eigenvalue weighted by Gasteiger charge is 2.22. The summed E-state index contributed by atoms with van der Waals surface area (Å²) in [6.45, 7) is 2.05. The standard InChI is InChI=1S/C26H30N2O4S/c1-20(14-15-21-10-6-4-7-11-21)27-26(29)22-16-17-25(32-3)23(18-22)19-28(2)33(30,31)24-12-8-5-9-13-24/h4-13,16-18,20H,14-15,19H2,1-3H3,(H,27,29). The number of methoxy groups -OCH3 is 1. The summed E-state index contributed by atoms with van der Waals surface area (Å²) in [5.74, 6) is 0.326. The average molecular weight is 467 g/mol. The van der Waals surface area contributed by atoms with E-state index in [1.807, 2.05) is 25.1 Å². The minimum atomic E-state index is -3.67. The van der Waals surface area contributed by atoms with Gasteiger partial charge in [-0.3, -0.25) is 4.79 Å². The number of hydrogen-bond donors (Lipinski definition) is 1. The Kier molecular flexibility index (Phi) is 8.25. The Balaban J connectivity index is 1.70. The molecule has 0 radical (unpaired) electrons. The van der Waals surface area contributed by atoms with Crippen LogP contribution in [0.1, 0.15) is 34.8 Å². The van der Waals surface area contributed by atoms with Crippen LogP contribution in [-0.2, 0) is 23.0 Å². The monoisotopic (exact) mass is 466 g/mol. The third-order valence-electron chi connectivity index (χ3n) is 5.47.